The van der Waals surface area contributed by atoms with Crippen LogP contribution < -0.4 is 5.73 Å². The molecule has 9 heavy (non-hydrogen) atoms. The van der Waals surface area contributed by atoms with Gasteiger partial charge >= 0.3 is 0 Å². The van der Waals surface area contributed by atoms with E-state index in [9.17, 15) is 5.11 Å². The van der Waals surface area contributed by atoms with Crippen molar-refractivity contribution in [2.75, 3.05) is 20.3 Å². The van der Waals surface area contributed by atoms with Gasteiger partial charge in [-0.15, -0.1) is 0 Å². The minimum Gasteiger partial charge on any atom is -0.386 e. The van der Waals surface area contributed by atoms with Crippen LogP contribution in [0.3, 0.4) is 0 Å². The molecule has 0 radical (unpaired) electrons. The van der Waals surface area contributed by atoms with Crippen LogP contribution in [-0.4, -0.2) is 31.0 Å². The molecule has 3 N–H and O–H groups in total. The van der Waals surface area contributed by atoms with Crippen molar-refractivity contribution in [3.63, 3.8) is 0 Å². The first kappa shape index (κ1) is 8.88. The zero-order valence-corrected chi connectivity index (χ0v) is 6.05. The maximum Gasteiger partial charge on any atom is 0.0998 e. The molecule has 0 aromatic rings. The average Bonchev–Trinajstić information content (AvgIpc) is 1.89. The van der Waals surface area contributed by atoms with E-state index in [1.54, 1.807) is 7.11 Å². The van der Waals surface area contributed by atoms with Gasteiger partial charge in [0.2, 0.25) is 0 Å². The van der Waals surface area contributed by atoms with E-state index in [1.807, 2.05) is 6.92 Å². The van der Waals surface area contributed by atoms with Gasteiger partial charge in [-0.05, 0) is 6.42 Å². The lowest BCUT2D eigenvalue weighted by molar-refractivity contribution is -0.0265. The van der Waals surface area contributed by atoms with E-state index in [4.69, 9.17) is 10.5 Å². The van der Waals surface area contributed by atoms with Crippen molar-refractivity contribution >= 4 is 0 Å². The van der Waals surface area contributed by atoms with Gasteiger partial charge in [-0.2, -0.15) is 0 Å². The lowest BCUT2D eigenvalue weighted by Gasteiger charge is -2.23. The van der Waals surface area contributed by atoms with Crippen molar-refractivity contribution in [3.8, 4) is 0 Å². The molecule has 0 aliphatic heterocycles. The molecule has 0 aromatic heterocycles. The molecule has 3 heteroatoms. The highest BCUT2D eigenvalue weighted by molar-refractivity contribution is 4.76. The third-order valence-corrected chi connectivity index (χ3v) is 1.45. The van der Waals surface area contributed by atoms with Gasteiger partial charge in [0.1, 0.15) is 0 Å². The minimum atomic E-state index is -0.811. The Morgan fingerprint density at radius 1 is 1.67 bits per heavy atom. The molecule has 0 aromatic carbocycles. The number of nitrogens with two attached hydrogens (primary N) is 1. The van der Waals surface area contributed by atoms with Gasteiger partial charge in [-0.1, -0.05) is 6.92 Å². The molecule has 0 saturated heterocycles. The van der Waals surface area contributed by atoms with Gasteiger partial charge in [0, 0.05) is 13.7 Å². The van der Waals surface area contributed by atoms with Crippen LogP contribution >= 0.6 is 0 Å². The first-order chi connectivity index (χ1) is 4.18. The Labute approximate surface area is 55.8 Å². The summed E-state index contributed by atoms with van der Waals surface area (Å²) in [6, 6.07) is 0. The van der Waals surface area contributed by atoms with Crippen LogP contribution in [0.1, 0.15) is 13.3 Å². The number of hydrogen-bond donors (Lipinski definition) is 2. The predicted molar refractivity (Wildman–Crippen MR) is 36.2 cm³/mol. The molecule has 0 aliphatic rings. The maximum atomic E-state index is 9.38. The summed E-state index contributed by atoms with van der Waals surface area (Å²) in [7, 11) is 1.55. The van der Waals surface area contributed by atoms with E-state index in [2.05, 4.69) is 0 Å². The maximum absolute atomic E-state index is 9.38. The third-order valence-electron chi connectivity index (χ3n) is 1.45. The third kappa shape index (κ3) is 2.79. The smallest absolute Gasteiger partial charge is 0.0998 e. The van der Waals surface area contributed by atoms with E-state index in [1.165, 1.54) is 0 Å². The predicted octanol–water partition coefficient (Wildman–Crippen LogP) is -0.267. The van der Waals surface area contributed by atoms with Crippen molar-refractivity contribution < 1.29 is 9.84 Å². The summed E-state index contributed by atoms with van der Waals surface area (Å²) in [5.41, 5.74) is 4.46. The molecule has 3 nitrogen and oxygen atoms in total. The number of methoxy groups -OCH3 is 1. The quantitative estimate of drug-likeness (QED) is 0.555. The standard InChI is InChI=1S/C6H15NO2/c1-3-6(8,4-7)5-9-2/h8H,3-5,7H2,1-2H3. The lowest BCUT2D eigenvalue weighted by atomic mass is 10.0. The van der Waals surface area contributed by atoms with E-state index in [-0.39, 0.29) is 6.54 Å². The van der Waals surface area contributed by atoms with E-state index >= 15 is 0 Å². The van der Waals surface area contributed by atoms with E-state index in [0.717, 1.165) is 0 Å². The van der Waals surface area contributed by atoms with E-state index < -0.39 is 5.60 Å². The largest absolute Gasteiger partial charge is 0.386 e. The van der Waals surface area contributed by atoms with Crippen molar-refractivity contribution in [2.24, 2.45) is 5.73 Å². The van der Waals surface area contributed by atoms with Crippen molar-refractivity contribution in [1.82, 2.24) is 0 Å². The fourth-order valence-electron chi connectivity index (χ4n) is 0.574. The van der Waals surface area contributed by atoms with Gasteiger partial charge in [0.05, 0.1) is 12.2 Å². The molecule has 0 aliphatic carbocycles. The first-order valence-electron chi connectivity index (χ1n) is 3.10. The summed E-state index contributed by atoms with van der Waals surface area (Å²) < 4.78 is 4.76. The van der Waals surface area contributed by atoms with Crippen LogP contribution in [0.4, 0.5) is 0 Å². The topological polar surface area (TPSA) is 55.5 Å². The molecule has 56 valence electrons. The fourth-order valence-corrected chi connectivity index (χ4v) is 0.574. The van der Waals surface area contributed by atoms with Crippen LogP contribution in [0.5, 0.6) is 0 Å². The Balaban J connectivity index is 3.62. The van der Waals surface area contributed by atoms with Crippen LogP contribution in [0.2, 0.25) is 0 Å². The molecule has 1 atom stereocenters. The first-order valence-corrected chi connectivity index (χ1v) is 3.10. The second-order valence-electron chi connectivity index (χ2n) is 2.22. The zero-order chi connectivity index (χ0) is 7.33. The second-order valence-corrected chi connectivity index (χ2v) is 2.22. The molecule has 1 unspecified atom stereocenters. The molecule has 0 bridgehead atoms. The monoisotopic (exact) mass is 133 g/mol. The number of ether oxygens (including phenoxy) is 1. The Bertz CT molecular complexity index is 71.5. The Kier molecular flexibility index (Phi) is 3.77. The van der Waals surface area contributed by atoms with Gasteiger partial charge in [-0.3, -0.25) is 0 Å². The molecule has 0 heterocycles. The Hall–Kier alpha value is -0.120. The van der Waals surface area contributed by atoms with Crippen molar-refractivity contribution in [3.05, 3.63) is 0 Å². The molecule has 0 rings (SSSR count). The van der Waals surface area contributed by atoms with Crippen molar-refractivity contribution in [2.45, 2.75) is 18.9 Å². The number of aliphatic hydroxyl groups is 1. The molecular weight excluding hydrogens is 118 g/mol. The van der Waals surface area contributed by atoms with Crippen LogP contribution in [0, 0.1) is 0 Å². The molecule has 0 fully saturated rings. The highest BCUT2D eigenvalue weighted by Gasteiger charge is 2.21. The Morgan fingerprint density at radius 3 is 2.33 bits per heavy atom. The highest BCUT2D eigenvalue weighted by Crippen LogP contribution is 2.06. The number of rotatable bonds is 4. The SMILES string of the molecule is CCC(O)(CN)COC. The summed E-state index contributed by atoms with van der Waals surface area (Å²) in [4.78, 5) is 0. The lowest BCUT2D eigenvalue weighted by Crippen LogP contribution is -2.41. The fraction of sp³-hybridized carbons (Fsp3) is 1.00. The molecule has 0 saturated carbocycles. The average molecular weight is 133 g/mol. The molecular formula is C6H15NO2. The van der Waals surface area contributed by atoms with Crippen LogP contribution in [0.15, 0.2) is 0 Å². The van der Waals surface area contributed by atoms with Crippen LogP contribution in [-0.2, 0) is 4.74 Å². The summed E-state index contributed by atoms with van der Waals surface area (Å²) in [5, 5.41) is 9.38. The van der Waals surface area contributed by atoms with Gasteiger partial charge in [0.25, 0.3) is 0 Å². The summed E-state index contributed by atoms with van der Waals surface area (Å²) in [6.07, 6.45) is 0.636. The van der Waals surface area contributed by atoms with E-state index in [0.29, 0.717) is 13.0 Å². The van der Waals surface area contributed by atoms with Gasteiger partial charge in [-0.25, -0.2) is 0 Å². The summed E-state index contributed by atoms with van der Waals surface area (Å²) >= 11 is 0. The molecule has 0 spiro atoms. The van der Waals surface area contributed by atoms with Crippen molar-refractivity contribution in [1.29, 1.82) is 0 Å². The molecule has 0 amide bonds. The van der Waals surface area contributed by atoms with Gasteiger partial charge in [0.15, 0.2) is 0 Å². The Morgan fingerprint density at radius 2 is 2.22 bits per heavy atom. The summed E-state index contributed by atoms with van der Waals surface area (Å²) in [5.74, 6) is 0. The number of hydrogen-bond acceptors (Lipinski definition) is 3. The summed E-state index contributed by atoms with van der Waals surface area (Å²) in [6.45, 7) is 2.46. The van der Waals surface area contributed by atoms with Crippen LogP contribution in [0.25, 0.3) is 0 Å². The highest BCUT2D eigenvalue weighted by atomic mass is 16.5. The van der Waals surface area contributed by atoms with Gasteiger partial charge < -0.3 is 15.6 Å². The zero-order valence-electron chi connectivity index (χ0n) is 6.05. The normalized spacial score (nSPS) is 17.3. The minimum absolute atomic E-state index is 0.261. The second kappa shape index (κ2) is 3.82.